The highest BCUT2D eigenvalue weighted by Crippen LogP contribution is 2.30. The first kappa shape index (κ1) is 21.6. The number of nitrogens with zero attached hydrogens (tertiary/aromatic N) is 4. The Labute approximate surface area is 174 Å². The fraction of sp³-hybridized carbons (Fsp3) is 0.389. The highest BCUT2D eigenvalue weighted by Gasteiger charge is 2.27. The van der Waals surface area contributed by atoms with E-state index in [1.165, 1.54) is 0 Å². The van der Waals surface area contributed by atoms with E-state index < -0.39 is 0 Å². The van der Waals surface area contributed by atoms with Gasteiger partial charge in [-0.2, -0.15) is 5.10 Å². The van der Waals surface area contributed by atoms with Crippen LogP contribution in [0.3, 0.4) is 0 Å². The smallest absolute Gasteiger partial charge is 0.255 e. The minimum absolute atomic E-state index is 0. The molecule has 1 unspecified atom stereocenters. The Balaban J connectivity index is 0.00000131. The van der Waals surface area contributed by atoms with Crippen molar-refractivity contribution in [2.45, 2.75) is 19.9 Å². The van der Waals surface area contributed by atoms with Crippen LogP contribution in [-0.4, -0.2) is 51.2 Å². The summed E-state index contributed by atoms with van der Waals surface area (Å²) in [6, 6.07) is 6.14. The van der Waals surface area contributed by atoms with E-state index in [1.54, 1.807) is 16.0 Å². The van der Waals surface area contributed by atoms with Gasteiger partial charge in [0.2, 0.25) is 0 Å². The number of rotatable bonds is 2. The fourth-order valence-corrected chi connectivity index (χ4v) is 4.15. The Morgan fingerprint density at radius 1 is 1.37 bits per heavy atom. The van der Waals surface area contributed by atoms with Crippen LogP contribution in [0.5, 0.6) is 0 Å². The van der Waals surface area contributed by atoms with Crippen LogP contribution in [-0.2, 0) is 7.05 Å². The van der Waals surface area contributed by atoms with Crippen molar-refractivity contribution >= 4 is 53.1 Å². The minimum atomic E-state index is 0. The third kappa shape index (κ3) is 3.82. The van der Waals surface area contributed by atoms with Crippen LogP contribution in [0.1, 0.15) is 23.0 Å². The lowest BCUT2D eigenvalue weighted by atomic mass is 10.1. The largest absolute Gasteiger partial charge is 0.333 e. The first-order chi connectivity index (χ1) is 12.1. The van der Waals surface area contributed by atoms with E-state index in [0.717, 1.165) is 46.9 Å². The van der Waals surface area contributed by atoms with Crippen molar-refractivity contribution in [3.05, 3.63) is 34.8 Å². The molecule has 0 spiro atoms. The maximum atomic E-state index is 13.3. The summed E-state index contributed by atoms with van der Waals surface area (Å²) < 4.78 is 1.76. The summed E-state index contributed by atoms with van der Waals surface area (Å²) in [6.07, 6.45) is 0. The average molecular weight is 428 g/mol. The zero-order valence-electron chi connectivity index (χ0n) is 15.4. The van der Waals surface area contributed by atoms with Crippen LogP contribution in [0.2, 0.25) is 0 Å². The third-order valence-electron chi connectivity index (χ3n) is 4.73. The van der Waals surface area contributed by atoms with Gasteiger partial charge < -0.3 is 10.2 Å². The normalized spacial score (nSPS) is 16.7. The summed E-state index contributed by atoms with van der Waals surface area (Å²) in [6.45, 7) is 6.39. The highest BCUT2D eigenvalue weighted by atomic mass is 35.5. The topological polar surface area (TPSA) is 63.1 Å². The molecule has 1 atom stereocenters. The first-order valence-corrected chi connectivity index (χ1v) is 9.34. The molecule has 1 aliphatic heterocycles. The molecule has 1 saturated heterocycles. The van der Waals surface area contributed by atoms with Gasteiger partial charge in [-0.25, -0.2) is 4.98 Å². The number of carbonyl (C=O) groups excluding carboxylic acids is 1. The van der Waals surface area contributed by atoms with Gasteiger partial charge in [0.05, 0.1) is 27.2 Å². The molecule has 0 aromatic carbocycles. The minimum Gasteiger partial charge on any atom is -0.333 e. The number of amides is 1. The SMILES string of the molecule is Cc1nn(C)c2nc(-c3cccs3)cc(C(=O)N3CCNCC3C)c12.Cl.Cl. The second-order valence-electron chi connectivity index (χ2n) is 6.49. The van der Waals surface area contributed by atoms with Gasteiger partial charge in [-0.15, -0.1) is 36.2 Å². The molecule has 1 amide bonds. The number of pyridine rings is 1. The summed E-state index contributed by atoms with van der Waals surface area (Å²) in [5, 5.41) is 10.7. The number of thiophene rings is 1. The number of fused-ring (bicyclic) bond motifs is 1. The maximum absolute atomic E-state index is 13.3. The molecule has 4 heterocycles. The van der Waals surface area contributed by atoms with Gasteiger partial charge in [0.1, 0.15) is 0 Å². The molecule has 3 aromatic heterocycles. The van der Waals surface area contributed by atoms with Gasteiger partial charge >= 0.3 is 0 Å². The van der Waals surface area contributed by atoms with Crippen molar-refractivity contribution in [2.75, 3.05) is 19.6 Å². The maximum Gasteiger partial charge on any atom is 0.255 e. The van der Waals surface area contributed by atoms with Gasteiger partial charge in [0.15, 0.2) is 5.65 Å². The van der Waals surface area contributed by atoms with E-state index in [-0.39, 0.29) is 36.8 Å². The molecule has 1 aliphatic rings. The summed E-state index contributed by atoms with van der Waals surface area (Å²) in [4.78, 5) is 21.1. The van der Waals surface area contributed by atoms with Gasteiger partial charge in [0.25, 0.3) is 5.91 Å². The number of halogens is 2. The Kier molecular flexibility index (Phi) is 6.86. The lowest BCUT2D eigenvalue weighted by Crippen LogP contribution is -2.52. The number of carbonyl (C=O) groups is 1. The van der Waals surface area contributed by atoms with Crippen LogP contribution < -0.4 is 5.32 Å². The van der Waals surface area contributed by atoms with Crippen molar-refractivity contribution in [1.29, 1.82) is 0 Å². The van der Waals surface area contributed by atoms with Crippen LogP contribution >= 0.6 is 36.2 Å². The highest BCUT2D eigenvalue weighted by molar-refractivity contribution is 7.13. The van der Waals surface area contributed by atoms with E-state index in [4.69, 9.17) is 4.98 Å². The Hall–Kier alpha value is -1.67. The van der Waals surface area contributed by atoms with Crippen LogP contribution in [0.25, 0.3) is 21.6 Å². The van der Waals surface area contributed by atoms with Crippen molar-refractivity contribution in [3.63, 3.8) is 0 Å². The van der Waals surface area contributed by atoms with E-state index in [2.05, 4.69) is 17.3 Å². The molecule has 3 aromatic rings. The van der Waals surface area contributed by atoms with E-state index >= 15 is 0 Å². The summed E-state index contributed by atoms with van der Waals surface area (Å²) in [5.41, 5.74) is 3.13. The van der Waals surface area contributed by atoms with Crippen LogP contribution in [0.15, 0.2) is 23.6 Å². The predicted octanol–water partition coefficient (Wildman–Crippen LogP) is 3.28. The number of piperazine rings is 1. The van der Waals surface area contributed by atoms with Crippen LogP contribution in [0.4, 0.5) is 0 Å². The van der Waals surface area contributed by atoms with Crippen molar-refractivity contribution in [2.24, 2.45) is 7.05 Å². The van der Waals surface area contributed by atoms with Gasteiger partial charge in [-0.05, 0) is 31.4 Å². The quantitative estimate of drug-likeness (QED) is 0.681. The lowest BCUT2D eigenvalue weighted by Gasteiger charge is -2.34. The monoisotopic (exact) mass is 427 g/mol. The first-order valence-electron chi connectivity index (χ1n) is 8.46. The Morgan fingerprint density at radius 3 is 2.81 bits per heavy atom. The number of hydrogen-bond acceptors (Lipinski definition) is 5. The molecule has 0 radical (unpaired) electrons. The van der Waals surface area contributed by atoms with Gasteiger partial charge in [-0.1, -0.05) is 6.07 Å². The van der Waals surface area contributed by atoms with E-state index in [9.17, 15) is 4.79 Å². The Bertz CT molecular complexity index is 941. The predicted molar refractivity (Wildman–Crippen MR) is 114 cm³/mol. The molecule has 0 bridgehead atoms. The molecule has 1 fully saturated rings. The molecular formula is C18H23Cl2N5OS. The van der Waals surface area contributed by atoms with Crippen molar-refractivity contribution in [3.8, 4) is 10.6 Å². The summed E-state index contributed by atoms with van der Waals surface area (Å²) >= 11 is 1.63. The zero-order chi connectivity index (χ0) is 17.6. The lowest BCUT2D eigenvalue weighted by molar-refractivity contribution is 0.0657. The average Bonchev–Trinajstić information content (AvgIpc) is 3.23. The van der Waals surface area contributed by atoms with Crippen molar-refractivity contribution in [1.82, 2.24) is 25.0 Å². The van der Waals surface area contributed by atoms with E-state index in [0.29, 0.717) is 5.56 Å². The fourth-order valence-electron chi connectivity index (χ4n) is 3.46. The van der Waals surface area contributed by atoms with E-state index in [1.807, 2.05) is 42.5 Å². The number of aromatic nitrogens is 3. The molecule has 9 heteroatoms. The number of hydrogen-bond donors (Lipinski definition) is 1. The molecule has 27 heavy (non-hydrogen) atoms. The molecule has 4 rings (SSSR count). The number of aryl methyl sites for hydroxylation is 2. The van der Waals surface area contributed by atoms with Crippen molar-refractivity contribution < 1.29 is 4.79 Å². The Morgan fingerprint density at radius 2 is 2.15 bits per heavy atom. The van der Waals surface area contributed by atoms with Gasteiger partial charge in [0, 0.05) is 32.7 Å². The molecule has 6 nitrogen and oxygen atoms in total. The summed E-state index contributed by atoms with van der Waals surface area (Å²) in [7, 11) is 1.88. The van der Waals surface area contributed by atoms with Gasteiger partial charge in [-0.3, -0.25) is 9.48 Å². The molecular weight excluding hydrogens is 405 g/mol. The molecule has 0 aliphatic carbocycles. The number of nitrogens with one attached hydrogen (secondary N) is 1. The molecule has 146 valence electrons. The standard InChI is InChI=1S/C18H21N5OS.2ClH/c1-11-10-19-6-7-23(11)18(24)13-9-14(15-5-4-8-25-15)20-17-16(13)12(2)21-22(17)3;;/h4-5,8-9,11,19H,6-7,10H2,1-3H3;2*1H. The second kappa shape index (κ2) is 8.56. The van der Waals surface area contributed by atoms with Crippen LogP contribution in [0, 0.1) is 6.92 Å². The molecule has 1 N–H and O–H groups in total. The second-order valence-corrected chi connectivity index (χ2v) is 7.44. The zero-order valence-corrected chi connectivity index (χ0v) is 17.9. The molecule has 0 saturated carbocycles. The third-order valence-corrected chi connectivity index (χ3v) is 5.63. The summed E-state index contributed by atoms with van der Waals surface area (Å²) in [5.74, 6) is 0.0651.